The number of halogens is 1. The van der Waals surface area contributed by atoms with E-state index >= 15 is 0 Å². The van der Waals surface area contributed by atoms with Crippen molar-refractivity contribution < 1.29 is 4.79 Å². The summed E-state index contributed by atoms with van der Waals surface area (Å²) in [5.41, 5.74) is 8.29. The van der Waals surface area contributed by atoms with Gasteiger partial charge in [-0.25, -0.2) is 0 Å². The minimum absolute atomic E-state index is 0.0382. The highest BCUT2D eigenvalue weighted by molar-refractivity contribution is 7.17. The minimum atomic E-state index is -0.117. The lowest BCUT2D eigenvalue weighted by molar-refractivity contribution is 0.0958. The fraction of sp³-hybridized carbons (Fsp3) is 0.125. The summed E-state index contributed by atoms with van der Waals surface area (Å²) in [4.78, 5) is 15.7. The number of hydrogen-bond donors (Lipinski definition) is 4. The average Bonchev–Trinajstić information content (AvgIpc) is 3.13. The van der Waals surface area contributed by atoms with E-state index in [9.17, 15) is 4.79 Å². The van der Waals surface area contributed by atoms with Crippen LogP contribution in [0.5, 0.6) is 0 Å². The molecule has 0 saturated carbocycles. The third-order valence-electron chi connectivity index (χ3n) is 3.53. The van der Waals surface area contributed by atoms with E-state index in [1.165, 1.54) is 11.3 Å². The molecule has 0 aliphatic heterocycles. The van der Waals surface area contributed by atoms with Gasteiger partial charge in [-0.1, -0.05) is 17.7 Å². The van der Waals surface area contributed by atoms with Crippen LogP contribution in [-0.2, 0) is 6.42 Å². The van der Waals surface area contributed by atoms with Crippen molar-refractivity contribution >= 4 is 45.6 Å². The van der Waals surface area contributed by atoms with Crippen molar-refractivity contribution in [3.05, 3.63) is 56.9 Å². The van der Waals surface area contributed by atoms with Crippen LogP contribution in [-0.4, -0.2) is 23.3 Å². The number of thiophene rings is 1. The van der Waals surface area contributed by atoms with Gasteiger partial charge >= 0.3 is 0 Å². The third-order valence-corrected chi connectivity index (χ3v) is 4.76. The number of amidine groups is 1. The van der Waals surface area contributed by atoms with Crippen molar-refractivity contribution in [3.8, 4) is 0 Å². The zero-order chi connectivity index (χ0) is 16.4. The zero-order valence-electron chi connectivity index (χ0n) is 12.2. The first-order valence-electron chi connectivity index (χ1n) is 7.02. The molecule has 23 heavy (non-hydrogen) atoms. The molecule has 0 atom stereocenters. The molecule has 1 aromatic carbocycles. The number of aromatic amines is 1. The second-order valence-corrected chi connectivity index (χ2v) is 6.82. The van der Waals surface area contributed by atoms with E-state index in [-0.39, 0.29) is 11.7 Å². The van der Waals surface area contributed by atoms with E-state index in [4.69, 9.17) is 22.7 Å². The van der Waals surface area contributed by atoms with Gasteiger partial charge in [0.15, 0.2) is 0 Å². The average molecular weight is 347 g/mol. The van der Waals surface area contributed by atoms with Gasteiger partial charge in [0.25, 0.3) is 5.91 Å². The molecular weight excluding hydrogens is 332 g/mol. The molecule has 7 heteroatoms. The normalized spacial score (nSPS) is 10.8. The van der Waals surface area contributed by atoms with E-state index in [1.54, 1.807) is 18.3 Å². The van der Waals surface area contributed by atoms with Crippen LogP contribution < -0.4 is 11.1 Å². The lowest BCUT2D eigenvalue weighted by Crippen LogP contribution is -2.24. The lowest BCUT2D eigenvalue weighted by Gasteiger charge is -2.05. The van der Waals surface area contributed by atoms with Gasteiger partial charge in [-0.15, -0.1) is 11.3 Å². The second-order valence-electron chi connectivity index (χ2n) is 5.11. The quantitative estimate of drug-likeness (QED) is 0.422. The molecule has 3 rings (SSSR count). The zero-order valence-corrected chi connectivity index (χ0v) is 13.7. The van der Waals surface area contributed by atoms with E-state index in [0.717, 1.165) is 16.5 Å². The number of nitrogens with one attached hydrogen (secondary N) is 3. The molecule has 0 saturated heterocycles. The van der Waals surface area contributed by atoms with E-state index in [1.807, 2.05) is 18.2 Å². The number of nitrogens with two attached hydrogens (primary N) is 1. The minimum Gasteiger partial charge on any atom is -0.384 e. The van der Waals surface area contributed by atoms with Crippen LogP contribution in [0.4, 0.5) is 0 Å². The standard InChI is InChI=1S/C16H15ClN4OS/c17-14-4-3-13(23-14)16(22)20-6-5-9-1-2-12-10(7-9)11(8-21-12)15(18)19/h1-4,7-8,21H,5-6H2,(H3,18,19)(H,20,22). The number of nitrogen functional groups attached to an aromatic ring is 1. The topological polar surface area (TPSA) is 94.8 Å². The molecule has 5 nitrogen and oxygen atoms in total. The maximum Gasteiger partial charge on any atom is 0.261 e. The summed E-state index contributed by atoms with van der Waals surface area (Å²) in [6.45, 7) is 0.527. The summed E-state index contributed by atoms with van der Waals surface area (Å²) in [5.74, 6) is -0.0784. The molecule has 0 spiro atoms. The van der Waals surface area contributed by atoms with Crippen molar-refractivity contribution in [2.24, 2.45) is 5.73 Å². The molecule has 5 N–H and O–H groups in total. The molecule has 0 aliphatic rings. The molecule has 0 aliphatic carbocycles. The van der Waals surface area contributed by atoms with Gasteiger partial charge in [-0.2, -0.15) is 0 Å². The van der Waals surface area contributed by atoms with Crippen molar-refractivity contribution in [1.82, 2.24) is 10.3 Å². The highest BCUT2D eigenvalue weighted by Crippen LogP contribution is 2.21. The predicted octanol–water partition coefficient (Wildman–Crippen LogP) is 3.14. The van der Waals surface area contributed by atoms with Crippen molar-refractivity contribution in [1.29, 1.82) is 5.41 Å². The fourth-order valence-electron chi connectivity index (χ4n) is 2.39. The Morgan fingerprint density at radius 3 is 2.87 bits per heavy atom. The smallest absolute Gasteiger partial charge is 0.261 e. The third kappa shape index (κ3) is 3.38. The Morgan fingerprint density at radius 1 is 1.35 bits per heavy atom. The van der Waals surface area contributed by atoms with Crippen LogP contribution in [0.1, 0.15) is 20.8 Å². The van der Waals surface area contributed by atoms with Crippen LogP contribution in [0.2, 0.25) is 4.34 Å². The molecule has 3 aromatic rings. The van der Waals surface area contributed by atoms with Crippen LogP contribution in [0.3, 0.4) is 0 Å². The molecule has 118 valence electrons. The number of amides is 1. The lowest BCUT2D eigenvalue weighted by atomic mass is 10.1. The van der Waals surface area contributed by atoms with Crippen molar-refractivity contribution in [3.63, 3.8) is 0 Å². The molecule has 1 amide bonds. The van der Waals surface area contributed by atoms with E-state index in [0.29, 0.717) is 27.7 Å². The summed E-state index contributed by atoms with van der Waals surface area (Å²) >= 11 is 7.09. The van der Waals surface area contributed by atoms with Gasteiger partial charge in [-0.3, -0.25) is 10.2 Å². The highest BCUT2D eigenvalue weighted by atomic mass is 35.5. The Hall–Kier alpha value is -2.31. The molecule has 2 aromatic heterocycles. The van der Waals surface area contributed by atoms with Crippen LogP contribution in [0, 0.1) is 5.41 Å². The summed E-state index contributed by atoms with van der Waals surface area (Å²) < 4.78 is 0.602. The van der Waals surface area contributed by atoms with Gasteiger partial charge in [0, 0.05) is 29.2 Å². The predicted molar refractivity (Wildman–Crippen MR) is 94.7 cm³/mol. The monoisotopic (exact) mass is 346 g/mol. The Bertz CT molecular complexity index is 883. The fourth-order valence-corrected chi connectivity index (χ4v) is 3.35. The SMILES string of the molecule is N=C(N)c1c[nH]c2ccc(CCNC(=O)c3ccc(Cl)s3)cc12. The van der Waals surface area contributed by atoms with Gasteiger partial charge in [0.2, 0.25) is 0 Å². The largest absolute Gasteiger partial charge is 0.384 e. The molecule has 0 radical (unpaired) electrons. The van der Waals surface area contributed by atoms with Gasteiger partial charge < -0.3 is 16.0 Å². The first kappa shape index (κ1) is 15.6. The Morgan fingerprint density at radius 2 is 2.17 bits per heavy atom. The van der Waals surface area contributed by atoms with E-state index < -0.39 is 0 Å². The summed E-state index contributed by atoms with van der Waals surface area (Å²) in [7, 11) is 0. The molecule has 2 heterocycles. The van der Waals surface area contributed by atoms with Crippen molar-refractivity contribution in [2.45, 2.75) is 6.42 Å². The molecule has 0 fully saturated rings. The Balaban J connectivity index is 1.66. The summed E-state index contributed by atoms with van der Waals surface area (Å²) in [5, 5.41) is 11.4. The van der Waals surface area contributed by atoms with Crippen LogP contribution >= 0.6 is 22.9 Å². The van der Waals surface area contributed by atoms with Gasteiger partial charge in [-0.05, 0) is 36.2 Å². The number of aromatic nitrogens is 1. The number of rotatable bonds is 5. The summed E-state index contributed by atoms with van der Waals surface area (Å²) in [6, 6.07) is 9.38. The number of carbonyl (C=O) groups is 1. The Kier molecular flexibility index (Phi) is 4.36. The molecule has 0 unspecified atom stereocenters. The second kappa shape index (κ2) is 6.44. The van der Waals surface area contributed by atoms with Crippen molar-refractivity contribution in [2.75, 3.05) is 6.54 Å². The van der Waals surface area contributed by atoms with Gasteiger partial charge in [0.1, 0.15) is 5.84 Å². The van der Waals surface area contributed by atoms with Gasteiger partial charge in [0.05, 0.1) is 9.21 Å². The number of fused-ring (bicyclic) bond motifs is 1. The number of carbonyl (C=O) groups excluding carboxylic acids is 1. The van der Waals surface area contributed by atoms with Crippen LogP contribution in [0.25, 0.3) is 10.9 Å². The van der Waals surface area contributed by atoms with E-state index in [2.05, 4.69) is 10.3 Å². The molecule has 0 bridgehead atoms. The molecular formula is C16H15ClN4OS. The number of H-pyrrole nitrogens is 1. The first-order chi connectivity index (χ1) is 11.0. The highest BCUT2D eigenvalue weighted by Gasteiger charge is 2.09. The number of benzene rings is 1. The number of hydrogen-bond acceptors (Lipinski definition) is 3. The maximum atomic E-state index is 12.0. The first-order valence-corrected chi connectivity index (χ1v) is 8.22. The summed E-state index contributed by atoms with van der Waals surface area (Å²) in [6.07, 6.45) is 2.43. The maximum absolute atomic E-state index is 12.0. The van der Waals surface area contributed by atoms with Crippen LogP contribution in [0.15, 0.2) is 36.5 Å². The Labute approximate surface area is 142 Å².